The summed E-state index contributed by atoms with van der Waals surface area (Å²) < 4.78 is 0. The fourth-order valence-electron chi connectivity index (χ4n) is 8.13. The number of aromatic nitrogens is 4. The summed E-state index contributed by atoms with van der Waals surface area (Å²) in [5, 5.41) is 1.13. The maximum Gasteiger partial charge on any atom is 0.164 e. The molecule has 0 saturated carbocycles. The molecule has 55 heavy (non-hydrogen) atoms. The van der Waals surface area contributed by atoms with Crippen LogP contribution in [0.4, 0.5) is 0 Å². The van der Waals surface area contributed by atoms with Crippen molar-refractivity contribution in [2.45, 2.75) is 19.3 Å². The highest BCUT2D eigenvalue weighted by atomic mass is 15.0. The predicted molar refractivity (Wildman–Crippen MR) is 225 cm³/mol. The van der Waals surface area contributed by atoms with E-state index in [9.17, 15) is 0 Å². The van der Waals surface area contributed by atoms with Crippen molar-refractivity contribution in [3.63, 3.8) is 0 Å². The van der Waals surface area contributed by atoms with Crippen LogP contribution in [0.1, 0.15) is 25.0 Å². The lowest BCUT2D eigenvalue weighted by molar-refractivity contribution is 0.661. The van der Waals surface area contributed by atoms with Crippen molar-refractivity contribution in [1.29, 1.82) is 0 Å². The lowest BCUT2D eigenvalue weighted by Crippen LogP contribution is -2.14. The van der Waals surface area contributed by atoms with E-state index in [0.29, 0.717) is 17.5 Å². The first-order valence-corrected chi connectivity index (χ1v) is 18.7. The van der Waals surface area contributed by atoms with Gasteiger partial charge in [0.15, 0.2) is 17.5 Å². The minimum Gasteiger partial charge on any atom is -0.248 e. The molecule has 9 aromatic rings. The lowest BCUT2D eigenvalue weighted by Gasteiger charge is -2.22. The van der Waals surface area contributed by atoms with E-state index in [-0.39, 0.29) is 5.41 Å². The van der Waals surface area contributed by atoms with Crippen LogP contribution >= 0.6 is 0 Å². The summed E-state index contributed by atoms with van der Waals surface area (Å²) in [7, 11) is 0. The van der Waals surface area contributed by atoms with Gasteiger partial charge in [-0.3, -0.25) is 0 Å². The van der Waals surface area contributed by atoms with Crippen LogP contribution in [0, 0.1) is 0 Å². The summed E-state index contributed by atoms with van der Waals surface area (Å²) in [4.78, 5) is 20.4. The van der Waals surface area contributed by atoms with Gasteiger partial charge in [0.1, 0.15) is 0 Å². The number of fused-ring (bicyclic) bond motifs is 4. The molecule has 4 heteroatoms. The summed E-state index contributed by atoms with van der Waals surface area (Å²) in [6.07, 6.45) is 0. The minimum absolute atomic E-state index is 0.147. The second-order valence-corrected chi connectivity index (χ2v) is 14.7. The number of benzene rings is 7. The summed E-state index contributed by atoms with van der Waals surface area (Å²) in [6.45, 7) is 4.65. The second-order valence-electron chi connectivity index (χ2n) is 14.7. The Morgan fingerprint density at radius 1 is 0.327 bits per heavy atom. The van der Waals surface area contributed by atoms with Crippen LogP contribution in [0.25, 0.3) is 89.7 Å². The molecule has 260 valence electrons. The summed E-state index contributed by atoms with van der Waals surface area (Å²) in [6, 6.07) is 63.8. The summed E-state index contributed by atoms with van der Waals surface area (Å²) >= 11 is 0. The Labute approximate surface area is 320 Å². The van der Waals surface area contributed by atoms with E-state index in [4.69, 9.17) is 19.9 Å². The maximum atomic E-state index is 5.45. The molecule has 7 aromatic carbocycles. The van der Waals surface area contributed by atoms with E-state index in [1.807, 2.05) is 60.7 Å². The fourth-order valence-corrected chi connectivity index (χ4v) is 8.13. The molecule has 4 nitrogen and oxygen atoms in total. The number of rotatable bonds is 6. The quantitative estimate of drug-likeness (QED) is 0.173. The molecule has 0 spiro atoms. The highest BCUT2D eigenvalue weighted by Crippen LogP contribution is 2.51. The SMILES string of the molecule is CC1(C)c2ccccc2-c2cc3c(-c4ccccc4-c4ccccc4)cc(-c4cccc(-c5nc(-c6ccccc6)nc(-c6ccccc6)n5)c4)nc3cc21. The molecule has 0 aliphatic heterocycles. The second kappa shape index (κ2) is 13.1. The van der Waals surface area contributed by atoms with E-state index in [0.717, 1.165) is 44.4 Å². The highest BCUT2D eigenvalue weighted by Gasteiger charge is 2.36. The van der Waals surface area contributed by atoms with Crippen LogP contribution in [0.15, 0.2) is 182 Å². The van der Waals surface area contributed by atoms with Crippen LogP contribution in [-0.2, 0) is 5.41 Å². The van der Waals surface area contributed by atoms with Crippen molar-refractivity contribution in [3.05, 3.63) is 193 Å². The third kappa shape index (κ3) is 5.71. The Morgan fingerprint density at radius 3 is 1.49 bits per heavy atom. The summed E-state index contributed by atoms with van der Waals surface area (Å²) in [5.74, 6) is 1.88. The van der Waals surface area contributed by atoms with E-state index in [1.54, 1.807) is 0 Å². The predicted octanol–water partition coefficient (Wildman–Crippen LogP) is 12.7. The Morgan fingerprint density at radius 2 is 0.836 bits per heavy atom. The standard InChI is InChI=1S/C51H36N4/c1-51(2)44-28-15-14-27-40(44)42-30-43-41(39-26-13-12-25-38(39)33-17-6-3-7-18-33)31-46(52-47(43)32-45(42)51)36-23-16-24-37(29-36)50-54-48(34-19-8-4-9-20-34)53-49(55-50)35-21-10-5-11-22-35/h3-32H,1-2H3. The van der Waals surface area contributed by atoms with E-state index >= 15 is 0 Å². The van der Waals surface area contributed by atoms with Crippen LogP contribution in [-0.4, -0.2) is 19.9 Å². The van der Waals surface area contributed by atoms with Crippen molar-refractivity contribution in [1.82, 2.24) is 19.9 Å². The smallest absolute Gasteiger partial charge is 0.164 e. The van der Waals surface area contributed by atoms with Crippen LogP contribution in [0.5, 0.6) is 0 Å². The van der Waals surface area contributed by atoms with Crippen LogP contribution in [0.3, 0.4) is 0 Å². The normalized spacial score (nSPS) is 12.7. The molecular formula is C51H36N4. The third-order valence-electron chi connectivity index (χ3n) is 10.9. The molecule has 0 saturated heterocycles. The third-order valence-corrected chi connectivity index (χ3v) is 10.9. The monoisotopic (exact) mass is 704 g/mol. The van der Waals surface area contributed by atoms with Gasteiger partial charge in [-0.05, 0) is 68.8 Å². The fraction of sp³-hybridized carbons (Fsp3) is 0.0588. The number of hydrogen-bond donors (Lipinski definition) is 0. The zero-order chi connectivity index (χ0) is 36.9. The van der Waals surface area contributed by atoms with Crippen molar-refractivity contribution in [2.24, 2.45) is 0 Å². The Balaban J connectivity index is 1.19. The van der Waals surface area contributed by atoms with E-state index in [2.05, 4.69) is 135 Å². The van der Waals surface area contributed by atoms with Gasteiger partial charge in [0.25, 0.3) is 0 Å². The first kappa shape index (κ1) is 32.6. The molecule has 0 radical (unpaired) electrons. The molecule has 10 rings (SSSR count). The molecule has 0 unspecified atom stereocenters. The molecule has 1 aliphatic rings. The average molecular weight is 705 g/mol. The van der Waals surface area contributed by atoms with Crippen molar-refractivity contribution < 1.29 is 0 Å². The number of pyridine rings is 1. The Hall–Kier alpha value is -7.04. The number of nitrogens with zero attached hydrogens (tertiary/aromatic N) is 4. The molecule has 0 amide bonds. The molecule has 0 bridgehead atoms. The molecule has 2 aromatic heterocycles. The average Bonchev–Trinajstić information content (AvgIpc) is 3.48. The topological polar surface area (TPSA) is 51.6 Å². The van der Waals surface area contributed by atoms with E-state index < -0.39 is 0 Å². The van der Waals surface area contributed by atoms with Gasteiger partial charge in [0.2, 0.25) is 0 Å². The van der Waals surface area contributed by atoms with Crippen LogP contribution < -0.4 is 0 Å². The van der Waals surface area contributed by atoms with Gasteiger partial charge in [-0.15, -0.1) is 0 Å². The maximum absolute atomic E-state index is 5.45. The van der Waals surface area contributed by atoms with Gasteiger partial charge in [0.05, 0.1) is 11.2 Å². The van der Waals surface area contributed by atoms with Gasteiger partial charge in [0, 0.05) is 33.1 Å². The Bertz CT molecular complexity index is 2820. The van der Waals surface area contributed by atoms with Crippen LogP contribution in [0.2, 0.25) is 0 Å². The zero-order valence-electron chi connectivity index (χ0n) is 30.6. The first-order valence-electron chi connectivity index (χ1n) is 18.7. The largest absolute Gasteiger partial charge is 0.248 e. The molecule has 0 fully saturated rings. The first-order chi connectivity index (χ1) is 27.0. The Kier molecular flexibility index (Phi) is 7.77. The van der Waals surface area contributed by atoms with Gasteiger partial charge < -0.3 is 0 Å². The molecular weight excluding hydrogens is 669 g/mol. The molecule has 2 heterocycles. The lowest BCUT2D eigenvalue weighted by atomic mass is 9.82. The van der Waals surface area contributed by atoms with Crippen molar-refractivity contribution in [2.75, 3.05) is 0 Å². The molecule has 0 atom stereocenters. The molecule has 0 N–H and O–H groups in total. The van der Waals surface area contributed by atoms with Gasteiger partial charge >= 0.3 is 0 Å². The summed E-state index contributed by atoms with van der Waals surface area (Å²) in [5.41, 5.74) is 15.4. The highest BCUT2D eigenvalue weighted by molar-refractivity contribution is 6.04. The minimum atomic E-state index is -0.147. The van der Waals surface area contributed by atoms with Gasteiger partial charge in [-0.2, -0.15) is 0 Å². The van der Waals surface area contributed by atoms with E-state index in [1.165, 1.54) is 38.9 Å². The van der Waals surface area contributed by atoms with Crippen molar-refractivity contribution in [3.8, 4) is 78.8 Å². The van der Waals surface area contributed by atoms with Crippen molar-refractivity contribution >= 4 is 10.9 Å². The molecule has 1 aliphatic carbocycles. The number of hydrogen-bond acceptors (Lipinski definition) is 4. The van der Waals surface area contributed by atoms with Gasteiger partial charge in [-0.25, -0.2) is 19.9 Å². The van der Waals surface area contributed by atoms with Gasteiger partial charge in [-0.1, -0.05) is 172 Å². The zero-order valence-corrected chi connectivity index (χ0v) is 30.6.